The number of carbonyl (C=O) groups is 4. The number of carbonyl (C=O) groups excluding carboxylic acids is 4. The predicted molar refractivity (Wildman–Crippen MR) is 138 cm³/mol. The van der Waals surface area contributed by atoms with Crippen LogP contribution in [-0.2, 0) is 19.1 Å². The van der Waals surface area contributed by atoms with Gasteiger partial charge in [0.15, 0.2) is 0 Å². The second-order valence-corrected chi connectivity index (χ2v) is 14.3. The van der Waals surface area contributed by atoms with Crippen LogP contribution in [0.2, 0.25) is 0 Å². The smallest absolute Gasteiger partial charge is 0.428 e. The summed E-state index contributed by atoms with van der Waals surface area (Å²) in [4.78, 5) is 53.9. The SMILES string of the molecule is CC(C)(C)C(NC(=O)OC1(C(F)(F)F)CC1)C(=O)N1CC2C(C1C(=O)NC(C#N)CC1CC3(CC3)NC1=O)C2(C)C. The first-order chi connectivity index (χ1) is 18.8. The molecule has 4 amide bonds. The third-order valence-corrected chi connectivity index (χ3v) is 9.89. The van der Waals surface area contributed by atoms with Crippen LogP contribution in [0.4, 0.5) is 18.0 Å². The molecule has 41 heavy (non-hydrogen) atoms. The number of alkyl carbamates (subject to hydrolysis) is 1. The summed E-state index contributed by atoms with van der Waals surface area (Å²) in [5, 5.41) is 17.9. The van der Waals surface area contributed by atoms with Gasteiger partial charge in [0.05, 0.1) is 6.07 Å². The fourth-order valence-corrected chi connectivity index (χ4v) is 6.84. The highest BCUT2D eigenvalue weighted by Crippen LogP contribution is 2.65. The van der Waals surface area contributed by atoms with Gasteiger partial charge in [-0.2, -0.15) is 18.4 Å². The molecule has 10 nitrogen and oxygen atoms in total. The van der Waals surface area contributed by atoms with Crippen molar-refractivity contribution >= 4 is 23.8 Å². The third kappa shape index (κ3) is 5.23. The van der Waals surface area contributed by atoms with E-state index in [0.717, 1.165) is 12.8 Å². The molecule has 3 N–H and O–H groups in total. The number of nitriles is 1. The lowest BCUT2D eigenvalue weighted by atomic mass is 9.85. The van der Waals surface area contributed by atoms with Gasteiger partial charge < -0.3 is 25.6 Å². The van der Waals surface area contributed by atoms with Gasteiger partial charge in [0.2, 0.25) is 23.3 Å². The Balaban J connectivity index is 1.29. The zero-order valence-electron chi connectivity index (χ0n) is 24.0. The van der Waals surface area contributed by atoms with E-state index in [-0.39, 0.29) is 60.4 Å². The zero-order valence-corrected chi connectivity index (χ0v) is 24.0. The molecular formula is C28H38F3N5O5. The lowest BCUT2D eigenvalue weighted by Crippen LogP contribution is -2.60. The van der Waals surface area contributed by atoms with Crippen LogP contribution in [-0.4, -0.2) is 70.7 Å². The molecule has 2 heterocycles. The molecule has 0 aromatic rings. The number of nitrogens with one attached hydrogen (secondary N) is 3. The Bertz CT molecular complexity index is 1200. The van der Waals surface area contributed by atoms with Crippen LogP contribution >= 0.6 is 0 Å². The Morgan fingerprint density at radius 3 is 2.27 bits per heavy atom. The average molecular weight is 582 g/mol. The molecule has 0 aromatic heterocycles. The van der Waals surface area contributed by atoms with Crippen molar-refractivity contribution in [3.05, 3.63) is 0 Å². The minimum atomic E-state index is -4.72. The van der Waals surface area contributed by atoms with Crippen molar-refractivity contribution in [2.45, 2.75) is 109 Å². The predicted octanol–water partition coefficient (Wildman–Crippen LogP) is 2.77. The molecule has 13 heteroatoms. The molecule has 1 spiro atoms. The zero-order chi connectivity index (χ0) is 30.3. The maximum absolute atomic E-state index is 13.9. The molecule has 2 aliphatic heterocycles. The molecule has 0 aromatic carbocycles. The standard InChI is InChI=1S/C28H38F3N5O5/c1-24(2,3)19(34-23(40)41-27(8-9-27)28(29,30)31)22(39)36-13-16-17(25(16,4)5)18(36)21(38)33-15(12-32)10-14-11-26(6-7-26)35-20(14)37/h14-19H,6-11,13H2,1-5H3,(H,33,38)(H,34,40)(H,35,37). The monoisotopic (exact) mass is 581 g/mol. The highest BCUT2D eigenvalue weighted by molar-refractivity contribution is 5.93. The first-order valence-corrected chi connectivity index (χ1v) is 14.2. The maximum Gasteiger partial charge on any atom is 0.428 e. The first-order valence-electron chi connectivity index (χ1n) is 14.2. The molecule has 2 saturated heterocycles. The molecule has 5 fully saturated rings. The number of amides is 4. The van der Waals surface area contributed by atoms with Gasteiger partial charge in [0.1, 0.15) is 18.1 Å². The Labute approximate surface area is 237 Å². The van der Waals surface area contributed by atoms with Crippen molar-refractivity contribution in [2.75, 3.05) is 6.54 Å². The molecule has 226 valence electrons. The minimum absolute atomic E-state index is 0.00519. The summed E-state index contributed by atoms with van der Waals surface area (Å²) in [6.07, 6.45) is -4.14. The van der Waals surface area contributed by atoms with Crippen LogP contribution in [0.15, 0.2) is 0 Å². The number of likely N-dealkylation sites (tertiary alicyclic amines) is 1. The molecule has 6 unspecified atom stereocenters. The average Bonchev–Trinajstić information content (AvgIpc) is 3.78. The Morgan fingerprint density at radius 1 is 1.15 bits per heavy atom. The molecule has 0 bridgehead atoms. The van der Waals surface area contributed by atoms with Crippen LogP contribution in [0.25, 0.3) is 0 Å². The van der Waals surface area contributed by atoms with Gasteiger partial charge in [-0.1, -0.05) is 34.6 Å². The van der Waals surface area contributed by atoms with Crippen molar-refractivity contribution in [1.82, 2.24) is 20.9 Å². The second kappa shape index (κ2) is 9.23. The second-order valence-electron chi connectivity index (χ2n) is 14.3. The number of nitrogens with zero attached hydrogens (tertiary/aromatic N) is 2. The van der Waals surface area contributed by atoms with E-state index in [9.17, 15) is 37.6 Å². The fraction of sp³-hybridized carbons (Fsp3) is 0.821. The number of alkyl halides is 3. The van der Waals surface area contributed by atoms with E-state index in [1.807, 2.05) is 13.8 Å². The maximum atomic E-state index is 13.9. The molecule has 3 aliphatic carbocycles. The fourth-order valence-electron chi connectivity index (χ4n) is 6.84. The van der Waals surface area contributed by atoms with Crippen molar-refractivity contribution in [1.29, 1.82) is 5.26 Å². The van der Waals surface area contributed by atoms with E-state index in [2.05, 4.69) is 22.0 Å². The van der Waals surface area contributed by atoms with Gasteiger partial charge >= 0.3 is 12.3 Å². The molecule has 6 atom stereocenters. The van der Waals surface area contributed by atoms with Gasteiger partial charge in [0, 0.05) is 30.8 Å². The summed E-state index contributed by atoms with van der Waals surface area (Å²) in [6.45, 7) is 9.20. The number of hydrogen-bond donors (Lipinski definition) is 3. The van der Waals surface area contributed by atoms with E-state index in [1.54, 1.807) is 20.8 Å². The number of rotatable bonds is 7. The minimum Gasteiger partial charge on any atom is -0.433 e. The lowest BCUT2D eigenvalue weighted by Gasteiger charge is -2.37. The molecule has 0 radical (unpaired) electrons. The lowest BCUT2D eigenvalue weighted by molar-refractivity contribution is -0.217. The highest BCUT2D eigenvalue weighted by atomic mass is 19.4. The summed E-state index contributed by atoms with van der Waals surface area (Å²) in [6, 6.07) is -1.06. The summed E-state index contributed by atoms with van der Waals surface area (Å²) >= 11 is 0. The Hall–Kier alpha value is -3.04. The number of halogens is 3. The summed E-state index contributed by atoms with van der Waals surface area (Å²) < 4.78 is 44.8. The Morgan fingerprint density at radius 2 is 1.78 bits per heavy atom. The van der Waals surface area contributed by atoms with E-state index in [4.69, 9.17) is 4.74 Å². The van der Waals surface area contributed by atoms with E-state index in [0.29, 0.717) is 6.42 Å². The first kappa shape index (κ1) is 29.5. The van der Waals surface area contributed by atoms with Crippen LogP contribution in [0.5, 0.6) is 0 Å². The van der Waals surface area contributed by atoms with Crippen LogP contribution < -0.4 is 16.0 Å². The van der Waals surface area contributed by atoms with E-state index >= 15 is 0 Å². The largest absolute Gasteiger partial charge is 0.433 e. The van der Waals surface area contributed by atoms with E-state index < -0.39 is 53.2 Å². The van der Waals surface area contributed by atoms with Gasteiger partial charge in [-0.25, -0.2) is 4.79 Å². The number of fused-ring (bicyclic) bond motifs is 1. The number of piperidine rings is 1. The van der Waals surface area contributed by atoms with Crippen molar-refractivity contribution in [3.8, 4) is 6.07 Å². The van der Waals surface area contributed by atoms with E-state index in [1.165, 1.54) is 4.90 Å². The van der Waals surface area contributed by atoms with Crippen molar-refractivity contribution in [3.63, 3.8) is 0 Å². The molecular weight excluding hydrogens is 543 g/mol. The number of hydrogen-bond acceptors (Lipinski definition) is 6. The number of ether oxygens (including phenoxy) is 1. The van der Waals surface area contributed by atoms with Crippen LogP contribution in [0.1, 0.15) is 73.1 Å². The summed E-state index contributed by atoms with van der Waals surface area (Å²) in [5.41, 5.74) is -3.86. The van der Waals surface area contributed by atoms with Gasteiger partial charge in [-0.05, 0) is 48.3 Å². The van der Waals surface area contributed by atoms with Crippen molar-refractivity contribution in [2.24, 2.45) is 28.6 Å². The highest BCUT2D eigenvalue weighted by Gasteiger charge is 2.70. The summed E-state index contributed by atoms with van der Waals surface area (Å²) in [5.74, 6) is -1.82. The van der Waals surface area contributed by atoms with Gasteiger partial charge in [0.25, 0.3) is 0 Å². The van der Waals surface area contributed by atoms with Crippen LogP contribution in [0.3, 0.4) is 0 Å². The molecule has 3 saturated carbocycles. The van der Waals surface area contributed by atoms with Gasteiger partial charge in [-0.15, -0.1) is 0 Å². The normalized spacial score (nSPS) is 31.3. The molecule has 5 aliphatic rings. The quantitative estimate of drug-likeness (QED) is 0.422. The topological polar surface area (TPSA) is 141 Å². The third-order valence-electron chi connectivity index (χ3n) is 9.89. The van der Waals surface area contributed by atoms with Gasteiger partial charge in [-0.3, -0.25) is 14.4 Å². The summed E-state index contributed by atoms with van der Waals surface area (Å²) in [7, 11) is 0. The Kier molecular flexibility index (Phi) is 6.63. The molecule has 5 rings (SSSR count). The van der Waals surface area contributed by atoms with Crippen molar-refractivity contribution < 1.29 is 37.1 Å². The van der Waals surface area contributed by atoms with Crippen LogP contribution in [0, 0.1) is 39.9 Å².